The largest absolute Gasteiger partial charge is 0.366 e. The van der Waals surface area contributed by atoms with E-state index in [1.54, 1.807) is 19.1 Å². The lowest BCUT2D eigenvalue weighted by Gasteiger charge is -2.09. The smallest absolute Gasteiger partial charge is 0.267 e. The minimum Gasteiger partial charge on any atom is -0.366 e. The Labute approximate surface area is 136 Å². The minimum absolute atomic E-state index is 0.0572. The zero-order valence-corrected chi connectivity index (χ0v) is 13.5. The normalized spacial score (nSPS) is 11.7. The maximum Gasteiger partial charge on any atom is 0.267 e. The molecule has 5 nitrogen and oxygen atoms in total. The van der Waals surface area contributed by atoms with Gasteiger partial charge in [-0.05, 0) is 24.5 Å². The number of rotatable bonds is 6. The first-order chi connectivity index (χ1) is 9.92. The van der Waals surface area contributed by atoms with Gasteiger partial charge in [0.1, 0.15) is 10.0 Å². The SMILES string of the molecule is C=C(NC(=O)c1snc(Cl)c1CCl)/C(=C\C=C/C)C(N)=O. The fourth-order valence-electron chi connectivity index (χ4n) is 1.37. The van der Waals surface area contributed by atoms with Gasteiger partial charge in [-0.3, -0.25) is 9.59 Å². The molecule has 0 fully saturated rings. The van der Waals surface area contributed by atoms with Gasteiger partial charge in [-0.1, -0.05) is 30.3 Å². The minimum atomic E-state index is -0.696. The van der Waals surface area contributed by atoms with Crippen molar-refractivity contribution in [2.45, 2.75) is 12.8 Å². The van der Waals surface area contributed by atoms with Gasteiger partial charge >= 0.3 is 0 Å². The Kier molecular flexibility index (Phi) is 6.61. The number of nitrogens with two attached hydrogens (primary N) is 1. The molecule has 0 aliphatic rings. The Bertz CT molecular complexity index is 635. The van der Waals surface area contributed by atoms with Crippen LogP contribution in [0.5, 0.6) is 0 Å². The molecular formula is C13H13Cl2N3O2S. The fourth-order valence-corrected chi connectivity index (χ4v) is 2.79. The lowest BCUT2D eigenvalue weighted by molar-refractivity contribution is -0.114. The third-order valence-corrected chi connectivity index (χ3v) is 3.96. The van der Waals surface area contributed by atoms with Crippen molar-refractivity contribution in [2.75, 3.05) is 0 Å². The molecule has 8 heteroatoms. The summed E-state index contributed by atoms with van der Waals surface area (Å²) in [6.07, 6.45) is 4.80. The van der Waals surface area contributed by atoms with Crippen LogP contribution in [0.3, 0.4) is 0 Å². The van der Waals surface area contributed by atoms with E-state index in [0.29, 0.717) is 5.56 Å². The van der Waals surface area contributed by atoms with Crippen LogP contribution in [0.1, 0.15) is 22.2 Å². The van der Waals surface area contributed by atoms with Gasteiger partial charge in [0.05, 0.1) is 11.5 Å². The van der Waals surface area contributed by atoms with Crippen LogP contribution in [0.15, 0.2) is 36.1 Å². The number of carbonyl (C=O) groups is 2. The number of nitrogens with one attached hydrogen (secondary N) is 1. The number of halogens is 2. The zero-order valence-electron chi connectivity index (χ0n) is 11.2. The summed E-state index contributed by atoms with van der Waals surface area (Å²) in [5.74, 6) is -1.13. The predicted molar refractivity (Wildman–Crippen MR) is 85.4 cm³/mol. The molecule has 0 saturated carbocycles. The number of carbonyl (C=O) groups excluding carboxylic acids is 2. The van der Waals surface area contributed by atoms with Crippen molar-refractivity contribution in [3.63, 3.8) is 0 Å². The van der Waals surface area contributed by atoms with E-state index in [0.717, 1.165) is 11.5 Å². The molecule has 2 amide bonds. The van der Waals surface area contributed by atoms with E-state index < -0.39 is 11.8 Å². The van der Waals surface area contributed by atoms with Crippen molar-refractivity contribution in [3.8, 4) is 0 Å². The van der Waals surface area contributed by atoms with E-state index >= 15 is 0 Å². The summed E-state index contributed by atoms with van der Waals surface area (Å²) in [5, 5.41) is 2.68. The van der Waals surface area contributed by atoms with Crippen LogP contribution >= 0.6 is 34.7 Å². The average Bonchev–Trinajstić information content (AvgIpc) is 2.79. The molecule has 1 heterocycles. The predicted octanol–water partition coefficient (Wildman–Crippen LogP) is 2.77. The summed E-state index contributed by atoms with van der Waals surface area (Å²) in [6.45, 7) is 5.42. The second-order valence-electron chi connectivity index (χ2n) is 3.82. The summed E-state index contributed by atoms with van der Waals surface area (Å²) in [7, 11) is 0. The van der Waals surface area contributed by atoms with E-state index in [2.05, 4.69) is 16.3 Å². The molecule has 0 spiro atoms. The first-order valence-electron chi connectivity index (χ1n) is 5.75. The molecule has 0 radical (unpaired) electrons. The van der Waals surface area contributed by atoms with Gasteiger partial charge in [0.25, 0.3) is 11.8 Å². The first-order valence-corrected chi connectivity index (χ1v) is 7.44. The van der Waals surface area contributed by atoms with E-state index in [-0.39, 0.29) is 27.2 Å². The Morgan fingerprint density at radius 2 is 2.19 bits per heavy atom. The van der Waals surface area contributed by atoms with Gasteiger partial charge in [-0.2, -0.15) is 4.37 Å². The number of primary amides is 1. The van der Waals surface area contributed by atoms with Gasteiger partial charge in [-0.15, -0.1) is 11.6 Å². The average molecular weight is 346 g/mol. The van der Waals surface area contributed by atoms with Crippen LogP contribution in [0.2, 0.25) is 5.15 Å². The number of aromatic nitrogens is 1. The second kappa shape index (κ2) is 7.97. The van der Waals surface area contributed by atoms with Crippen LogP contribution in [0.4, 0.5) is 0 Å². The molecule has 0 aromatic carbocycles. The topological polar surface area (TPSA) is 85.1 Å². The van der Waals surface area contributed by atoms with E-state index in [1.165, 1.54) is 6.08 Å². The number of nitrogens with zero attached hydrogens (tertiary/aromatic N) is 1. The zero-order chi connectivity index (χ0) is 16.0. The highest BCUT2D eigenvalue weighted by atomic mass is 35.5. The van der Waals surface area contributed by atoms with Crippen LogP contribution in [-0.4, -0.2) is 16.2 Å². The monoisotopic (exact) mass is 345 g/mol. The molecule has 112 valence electrons. The third kappa shape index (κ3) is 4.42. The summed E-state index contributed by atoms with van der Waals surface area (Å²) in [5.41, 5.74) is 5.88. The molecule has 3 N–H and O–H groups in total. The second-order valence-corrected chi connectivity index (χ2v) is 5.22. The van der Waals surface area contributed by atoms with E-state index in [4.69, 9.17) is 28.9 Å². The van der Waals surface area contributed by atoms with Crippen molar-refractivity contribution in [2.24, 2.45) is 5.73 Å². The van der Waals surface area contributed by atoms with Gasteiger partial charge < -0.3 is 11.1 Å². The van der Waals surface area contributed by atoms with Gasteiger partial charge in [0.2, 0.25) is 0 Å². The summed E-state index contributed by atoms with van der Waals surface area (Å²) >= 11 is 12.5. The van der Waals surface area contributed by atoms with Crippen molar-refractivity contribution in [1.29, 1.82) is 0 Å². The lowest BCUT2D eigenvalue weighted by Crippen LogP contribution is -2.27. The van der Waals surface area contributed by atoms with Crippen molar-refractivity contribution in [3.05, 3.63) is 51.7 Å². The lowest BCUT2D eigenvalue weighted by atomic mass is 10.1. The molecule has 1 aromatic rings. The van der Waals surface area contributed by atoms with Gasteiger partial charge in [-0.25, -0.2) is 0 Å². The van der Waals surface area contributed by atoms with E-state index in [1.807, 2.05) is 0 Å². The summed E-state index contributed by atoms with van der Waals surface area (Å²) in [6, 6.07) is 0. The highest BCUT2D eigenvalue weighted by Crippen LogP contribution is 2.25. The van der Waals surface area contributed by atoms with E-state index in [9.17, 15) is 9.59 Å². The number of alkyl halides is 1. The van der Waals surface area contributed by atoms with Crippen LogP contribution < -0.4 is 11.1 Å². The maximum atomic E-state index is 12.1. The van der Waals surface area contributed by atoms with Crippen molar-refractivity contribution in [1.82, 2.24) is 9.69 Å². The Morgan fingerprint density at radius 3 is 2.71 bits per heavy atom. The molecule has 0 bridgehead atoms. The Morgan fingerprint density at radius 1 is 1.52 bits per heavy atom. The number of hydrogen-bond acceptors (Lipinski definition) is 4. The Balaban J connectivity index is 2.96. The molecule has 21 heavy (non-hydrogen) atoms. The quantitative estimate of drug-likeness (QED) is 0.472. The molecule has 0 atom stereocenters. The molecule has 0 saturated heterocycles. The molecule has 0 aliphatic carbocycles. The van der Waals surface area contributed by atoms with Crippen LogP contribution in [0.25, 0.3) is 0 Å². The molecule has 1 rings (SSSR count). The first kappa shape index (κ1) is 17.4. The number of hydrogen-bond donors (Lipinski definition) is 2. The highest BCUT2D eigenvalue weighted by Gasteiger charge is 2.20. The highest BCUT2D eigenvalue weighted by molar-refractivity contribution is 7.08. The van der Waals surface area contributed by atoms with Gasteiger partial charge in [0, 0.05) is 11.3 Å². The van der Waals surface area contributed by atoms with Crippen molar-refractivity contribution < 1.29 is 9.59 Å². The third-order valence-electron chi connectivity index (χ3n) is 2.39. The molecule has 1 aromatic heterocycles. The maximum absolute atomic E-state index is 12.1. The van der Waals surface area contributed by atoms with Crippen molar-refractivity contribution >= 4 is 46.5 Å². The number of allylic oxidation sites excluding steroid dienone is 3. The molecule has 0 unspecified atom stereocenters. The Hall–Kier alpha value is -1.63. The fraction of sp³-hybridized carbons (Fsp3) is 0.154. The van der Waals surface area contributed by atoms with Crippen LogP contribution in [0, 0.1) is 0 Å². The molecule has 0 aliphatic heterocycles. The molecular weight excluding hydrogens is 333 g/mol. The summed E-state index contributed by atoms with van der Waals surface area (Å²) in [4.78, 5) is 23.8. The van der Waals surface area contributed by atoms with Gasteiger partial charge in [0.15, 0.2) is 0 Å². The number of amides is 2. The summed E-state index contributed by atoms with van der Waals surface area (Å²) < 4.78 is 3.86. The van der Waals surface area contributed by atoms with Crippen LogP contribution in [-0.2, 0) is 10.7 Å². The standard InChI is InChI=1S/C13H13Cl2N3O2S/c1-3-4-5-8(12(16)19)7(2)17-13(20)10-9(6-14)11(15)18-21-10/h3-5H,2,6H2,1H3,(H2,16,19)(H,17,20)/b4-3-,8-5+.